The molecular weight excluding hydrogens is 604 g/mol. The van der Waals surface area contributed by atoms with Gasteiger partial charge in [-0.05, 0) is 91.7 Å². The molecule has 0 bridgehead atoms. The molecule has 3 aliphatic rings. The maximum atomic E-state index is 13.5. The number of ether oxygens (including phenoxy) is 3. The van der Waals surface area contributed by atoms with Crippen LogP contribution in [0.15, 0.2) is 23.8 Å². The van der Waals surface area contributed by atoms with E-state index in [2.05, 4.69) is 4.90 Å². The SMILES string of the molecule is CCC1OC(=O)CC(O)C(C)C(OC2OC(C)C(O)C(N(C)C)C2O)C(CCN2CCCCC2)CC(C)C(=O)/C=C/C(C)=C/C1CO. The van der Waals surface area contributed by atoms with E-state index in [0.717, 1.165) is 38.0 Å². The Morgan fingerprint density at radius 1 is 1.02 bits per heavy atom. The molecule has 3 rings (SSSR count). The Labute approximate surface area is 281 Å². The molecule has 0 spiro atoms. The summed E-state index contributed by atoms with van der Waals surface area (Å²) in [6, 6.07) is -0.649. The zero-order valence-corrected chi connectivity index (χ0v) is 29.7. The summed E-state index contributed by atoms with van der Waals surface area (Å²) in [6.45, 7) is 11.7. The zero-order valence-electron chi connectivity index (χ0n) is 29.7. The number of nitrogens with zero attached hydrogens (tertiary/aromatic N) is 2. The molecule has 47 heavy (non-hydrogen) atoms. The second-order valence-electron chi connectivity index (χ2n) is 14.4. The summed E-state index contributed by atoms with van der Waals surface area (Å²) < 4.78 is 18.5. The van der Waals surface area contributed by atoms with E-state index in [1.165, 1.54) is 6.42 Å². The Morgan fingerprint density at radius 2 is 1.70 bits per heavy atom. The van der Waals surface area contributed by atoms with Crippen molar-refractivity contribution in [3.63, 3.8) is 0 Å². The van der Waals surface area contributed by atoms with Crippen LogP contribution >= 0.6 is 0 Å². The van der Waals surface area contributed by atoms with Crippen LogP contribution in [0.1, 0.15) is 79.6 Å². The average molecular weight is 667 g/mol. The fourth-order valence-electron chi connectivity index (χ4n) is 7.39. The van der Waals surface area contributed by atoms with Gasteiger partial charge in [0.15, 0.2) is 12.1 Å². The fourth-order valence-corrected chi connectivity index (χ4v) is 7.39. The van der Waals surface area contributed by atoms with Gasteiger partial charge in [-0.3, -0.25) is 9.59 Å². The van der Waals surface area contributed by atoms with Gasteiger partial charge in [0, 0.05) is 17.8 Å². The predicted molar refractivity (Wildman–Crippen MR) is 179 cm³/mol. The van der Waals surface area contributed by atoms with Crippen molar-refractivity contribution >= 4 is 11.8 Å². The number of cyclic esters (lactones) is 1. The maximum Gasteiger partial charge on any atom is 0.308 e. The van der Waals surface area contributed by atoms with E-state index in [1.54, 1.807) is 38.1 Å². The number of aliphatic hydroxyl groups excluding tert-OH is 4. The first-order chi connectivity index (χ1) is 22.3. The van der Waals surface area contributed by atoms with Crippen LogP contribution in [0.4, 0.5) is 0 Å². The van der Waals surface area contributed by atoms with Crippen molar-refractivity contribution in [1.29, 1.82) is 0 Å². The first-order valence-corrected chi connectivity index (χ1v) is 17.7. The molecule has 12 unspecified atom stereocenters. The van der Waals surface area contributed by atoms with Gasteiger partial charge in [0.2, 0.25) is 0 Å². The van der Waals surface area contributed by atoms with E-state index in [4.69, 9.17) is 14.2 Å². The Hall–Kier alpha value is -1.70. The number of carbonyl (C=O) groups is 2. The van der Waals surface area contributed by atoms with E-state index in [9.17, 15) is 30.0 Å². The summed E-state index contributed by atoms with van der Waals surface area (Å²) in [5, 5.41) is 43.9. The Morgan fingerprint density at radius 3 is 2.32 bits per heavy atom. The number of hydrogen-bond donors (Lipinski definition) is 4. The number of aliphatic hydroxyl groups is 4. The molecule has 0 aromatic heterocycles. The summed E-state index contributed by atoms with van der Waals surface area (Å²) in [4.78, 5) is 30.9. The molecule has 2 fully saturated rings. The van der Waals surface area contributed by atoms with E-state index in [0.29, 0.717) is 19.3 Å². The molecule has 0 amide bonds. The standard InChI is InChI=1S/C36H62N2O9/c1-8-30-27(21-39)18-22(2)12-13-28(40)23(3)19-26(14-17-38-15-10-9-11-16-38)35(24(4)29(41)20-31(42)46-30)47-36-34(44)32(37(6)7)33(43)25(5)45-36/h12-13,18,23-27,29-30,32-36,39,41,43-44H,8-11,14-17,19-21H2,1-7H3/b13-12+,22-18+. The maximum absolute atomic E-state index is 13.5. The summed E-state index contributed by atoms with van der Waals surface area (Å²) in [6.07, 6.45) is 3.61. The van der Waals surface area contributed by atoms with Crippen LogP contribution in [0.5, 0.6) is 0 Å². The van der Waals surface area contributed by atoms with Crippen molar-refractivity contribution in [2.45, 2.75) is 129 Å². The number of hydrogen-bond acceptors (Lipinski definition) is 11. The van der Waals surface area contributed by atoms with Crippen molar-refractivity contribution in [1.82, 2.24) is 9.80 Å². The van der Waals surface area contributed by atoms with Crippen LogP contribution in [0.25, 0.3) is 0 Å². The van der Waals surface area contributed by atoms with Gasteiger partial charge in [-0.15, -0.1) is 0 Å². The third-order valence-corrected chi connectivity index (χ3v) is 10.4. The molecule has 4 N–H and O–H groups in total. The normalized spacial score (nSPS) is 40.9. The highest BCUT2D eigenvalue weighted by molar-refractivity contribution is 5.91. The molecule has 0 aromatic rings. The van der Waals surface area contributed by atoms with E-state index in [-0.39, 0.29) is 30.6 Å². The molecule has 2 saturated heterocycles. The van der Waals surface area contributed by atoms with Gasteiger partial charge in [-0.2, -0.15) is 0 Å². The smallest absolute Gasteiger partial charge is 0.308 e. The second kappa shape index (κ2) is 18.9. The lowest BCUT2D eigenvalue weighted by Gasteiger charge is -2.47. The number of piperidine rings is 1. The lowest BCUT2D eigenvalue weighted by Crippen LogP contribution is -2.63. The van der Waals surface area contributed by atoms with Gasteiger partial charge < -0.3 is 44.4 Å². The minimum atomic E-state index is -1.19. The average Bonchev–Trinajstić information content (AvgIpc) is 3.04. The van der Waals surface area contributed by atoms with E-state index < -0.39 is 66.8 Å². The zero-order chi connectivity index (χ0) is 34.8. The second-order valence-corrected chi connectivity index (χ2v) is 14.4. The predicted octanol–water partition coefficient (Wildman–Crippen LogP) is 2.69. The third-order valence-electron chi connectivity index (χ3n) is 10.4. The van der Waals surface area contributed by atoms with Crippen LogP contribution < -0.4 is 0 Å². The van der Waals surface area contributed by atoms with Crippen LogP contribution in [0.2, 0.25) is 0 Å². The Balaban J connectivity index is 2.02. The number of likely N-dealkylation sites (tertiary alicyclic amines) is 1. The van der Waals surface area contributed by atoms with E-state index >= 15 is 0 Å². The number of rotatable bonds is 8. The summed E-state index contributed by atoms with van der Waals surface area (Å²) in [5.74, 6) is -2.29. The van der Waals surface area contributed by atoms with Crippen molar-refractivity contribution in [2.75, 3.05) is 40.3 Å². The van der Waals surface area contributed by atoms with Gasteiger partial charge in [0.1, 0.15) is 12.2 Å². The molecule has 3 aliphatic heterocycles. The monoisotopic (exact) mass is 666 g/mol. The number of allylic oxidation sites excluding steroid dienone is 3. The lowest BCUT2D eigenvalue weighted by atomic mass is 9.79. The molecule has 11 nitrogen and oxygen atoms in total. The van der Waals surface area contributed by atoms with Crippen molar-refractivity contribution < 1.29 is 44.2 Å². The number of ketones is 1. The highest BCUT2D eigenvalue weighted by atomic mass is 16.7. The molecule has 3 heterocycles. The molecule has 11 heteroatoms. The number of esters is 1. The summed E-state index contributed by atoms with van der Waals surface area (Å²) in [5.41, 5.74) is 0.776. The van der Waals surface area contributed by atoms with Gasteiger partial charge >= 0.3 is 5.97 Å². The fraction of sp³-hybridized carbons (Fsp3) is 0.833. The van der Waals surface area contributed by atoms with Crippen LogP contribution in [0.3, 0.4) is 0 Å². The molecule has 0 radical (unpaired) electrons. The Kier molecular flexibility index (Phi) is 16.0. The van der Waals surface area contributed by atoms with Crippen molar-refractivity contribution in [3.05, 3.63) is 23.8 Å². The van der Waals surface area contributed by atoms with Crippen molar-refractivity contribution in [2.24, 2.45) is 23.7 Å². The van der Waals surface area contributed by atoms with Crippen molar-refractivity contribution in [3.8, 4) is 0 Å². The lowest BCUT2D eigenvalue weighted by molar-refractivity contribution is -0.304. The highest BCUT2D eigenvalue weighted by Crippen LogP contribution is 2.35. The number of carbonyl (C=O) groups excluding carboxylic acids is 2. The highest BCUT2D eigenvalue weighted by Gasteiger charge is 2.47. The molecule has 12 atom stereocenters. The van der Waals surface area contributed by atoms with Crippen LogP contribution in [0, 0.1) is 23.7 Å². The van der Waals surface area contributed by atoms with Crippen LogP contribution in [-0.4, -0.2) is 131 Å². The van der Waals surface area contributed by atoms with Gasteiger partial charge in [0.25, 0.3) is 0 Å². The van der Waals surface area contributed by atoms with Gasteiger partial charge in [0.05, 0.1) is 43.5 Å². The first kappa shape index (κ1) is 39.7. The Bertz CT molecular complexity index is 1050. The number of likely N-dealkylation sites (N-methyl/N-ethyl adjacent to an activating group) is 1. The molecule has 0 aromatic carbocycles. The molecule has 270 valence electrons. The molecule has 0 aliphatic carbocycles. The first-order valence-electron chi connectivity index (χ1n) is 17.7. The molecule has 0 saturated carbocycles. The summed E-state index contributed by atoms with van der Waals surface area (Å²) >= 11 is 0. The topological polar surface area (TPSA) is 149 Å². The van der Waals surface area contributed by atoms with Crippen LogP contribution in [-0.2, 0) is 23.8 Å². The van der Waals surface area contributed by atoms with Gasteiger partial charge in [-0.1, -0.05) is 44.9 Å². The minimum absolute atomic E-state index is 0.0443. The minimum Gasteiger partial charge on any atom is -0.462 e. The summed E-state index contributed by atoms with van der Waals surface area (Å²) in [7, 11) is 3.56. The molecular formula is C36H62N2O9. The van der Waals surface area contributed by atoms with E-state index in [1.807, 2.05) is 33.8 Å². The quantitative estimate of drug-likeness (QED) is 0.284. The van der Waals surface area contributed by atoms with Gasteiger partial charge in [-0.25, -0.2) is 0 Å². The third kappa shape index (κ3) is 11.2. The largest absolute Gasteiger partial charge is 0.462 e.